The molecule has 0 aromatic carbocycles. The first-order valence-corrected chi connectivity index (χ1v) is 4.63. The van der Waals surface area contributed by atoms with Crippen LogP contribution in [0.1, 0.15) is 0 Å². The fourth-order valence-electron chi connectivity index (χ4n) is 0. The van der Waals surface area contributed by atoms with E-state index in [1.807, 2.05) is 8.93 Å². The van der Waals surface area contributed by atoms with Gasteiger partial charge in [0, 0.05) is 0 Å². The Bertz CT molecular complexity index is 29.8. The van der Waals surface area contributed by atoms with E-state index in [0.717, 1.165) is 0 Å². The second kappa shape index (κ2) is 2.46. The van der Waals surface area contributed by atoms with Gasteiger partial charge in [-0.25, -0.2) is 4.20 Å². The van der Waals surface area contributed by atoms with Gasteiger partial charge in [0.05, 0.1) is 2.56 Å². The molecule has 0 nitrogen and oxygen atoms in total. The molecule has 4 heavy (non-hydrogen) atoms. The third kappa shape index (κ3) is 10.7. The Hall–Kier alpha value is 1.22. The molecule has 3 unspecified atom stereocenters. The molecule has 0 aromatic heterocycles. The fourth-order valence-corrected chi connectivity index (χ4v) is 0. The monoisotopic (exact) mass is 119 g/mol. The second-order valence-corrected chi connectivity index (χ2v) is 4.68. The maximum atomic E-state index is 11.5. The quantitative estimate of drug-likeness (QED) is 0.462. The number of rotatable bonds is 1. The predicted molar refractivity (Wildman–Crippen MR) is 27.4 cm³/mol. The molecule has 0 N–H and O–H groups in total. The van der Waals surface area contributed by atoms with Crippen molar-refractivity contribution in [3.05, 3.63) is 0 Å². The lowest BCUT2D eigenvalue weighted by atomic mass is 18.9. The molecule has 0 radical (unpaired) electrons. The van der Waals surface area contributed by atoms with Gasteiger partial charge in [0.1, 0.15) is 7.61 Å². The lowest BCUT2D eigenvalue weighted by Crippen LogP contribution is -0.960. The molecule has 0 rings (SSSR count). The molecule has 0 bridgehead atoms. The van der Waals surface area contributed by atoms with Gasteiger partial charge in [-0.15, -0.1) is 0 Å². The van der Waals surface area contributed by atoms with E-state index in [0.29, 0.717) is 0 Å². The molecule has 0 spiro atoms. The van der Waals surface area contributed by atoms with Gasteiger partial charge in [-0.2, -0.15) is 0 Å². The van der Waals surface area contributed by atoms with Crippen LogP contribution in [0.3, 0.4) is 0 Å². The van der Waals surface area contributed by atoms with Crippen LogP contribution in [0.5, 0.6) is 0 Å². The van der Waals surface area contributed by atoms with Crippen LogP contribution in [0.15, 0.2) is 0 Å². The van der Waals surface area contributed by atoms with Crippen LogP contribution in [0.25, 0.3) is 0 Å². The molecular formula is H4FP3. The maximum absolute atomic E-state index is 11.5. The van der Waals surface area contributed by atoms with Crippen LogP contribution in [0.4, 0.5) is 4.20 Å². The van der Waals surface area contributed by atoms with Crippen molar-refractivity contribution in [2.75, 3.05) is 0 Å². The van der Waals surface area contributed by atoms with E-state index in [4.69, 9.17) is 2.56 Å². The standard InChI is InChI=1S/FH4P3/c1-4(2)3/h2-3H2/i2TD. The molecule has 26 valence electrons. The van der Waals surface area contributed by atoms with Crippen molar-refractivity contribution in [2.45, 2.75) is 0 Å². The van der Waals surface area contributed by atoms with Crippen molar-refractivity contribution in [2.24, 2.45) is 0 Å². The van der Waals surface area contributed by atoms with E-state index < -0.39 is 16.4 Å². The number of hydrogen-bond donors (Lipinski definition) is 0. The first-order chi connectivity index (χ1) is 2.64. The molecule has 3 atom stereocenters. The zero-order valence-corrected chi connectivity index (χ0v) is 4.79. The highest BCUT2D eigenvalue weighted by molar-refractivity contribution is 8.41. The minimum Gasteiger partial charge on any atom is -0.218 e. The number of hydrogen-bond acceptors (Lipinski definition) is 0. The molecule has 0 amide bonds. The van der Waals surface area contributed by atoms with Crippen molar-refractivity contribution in [1.82, 2.24) is 0 Å². The summed E-state index contributed by atoms with van der Waals surface area (Å²) in [5.41, 5.74) is 0. The minimum absolute atomic E-state index is 1.80. The average Bonchev–Trinajstić information content (AvgIpc) is 1.36. The van der Waals surface area contributed by atoms with Gasteiger partial charge in [0.15, 0.2) is 0 Å². The van der Waals surface area contributed by atoms with E-state index >= 15 is 0 Å². The van der Waals surface area contributed by atoms with Gasteiger partial charge in [-0.05, 0) is 0 Å². The molecule has 0 heterocycles. The summed E-state index contributed by atoms with van der Waals surface area (Å²) in [4.78, 5) is 0. The largest absolute Gasteiger partial charge is 0.218 e. The molecule has 0 aliphatic rings. The van der Waals surface area contributed by atoms with Gasteiger partial charge in [0.25, 0.3) is 0 Å². The summed E-state index contributed by atoms with van der Waals surface area (Å²) in [6, 6.07) is 0. The minimum atomic E-state index is -1.84. The zero-order chi connectivity index (χ0) is 5.15. The smallest absolute Gasteiger partial charge is 0.115 e. The Morgan fingerprint density at radius 3 is 3.00 bits per heavy atom. The summed E-state index contributed by atoms with van der Waals surface area (Å²) in [6.07, 6.45) is 0. The first kappa shape index (κ1) is 2.40. The van der Waals surface area contributed by atoms with Crippen LogP contribution in [0, 0.1) is 0 Å². The number of halogens is 1. The van der Waals surface area contributed by atoms with Crippen LogP contribution in [0.2, 0.25) is 0 Å². The van der Waals surface area contributed by atoms with Crippen LogP contribution in [-0.4, -0.2) is 2.56 Å². The topological polar surface area (TPSA) is 0 Å². The predicted octanol–water partition coefficient (Wildman–Crippen LogP) is 1.93. The summed E-state index contributed by atoms with van der Waals surface area (Å²) < 4.78 is 24.3. The van der Waals surface area contributed by atoms with Crippen LogP contribution in [-0.2, 0) is 0 Å². The van der Waals surface area contributed by atoms with E-state index in [1.165, 1.54) is 0 Å². The lowest BCUT2D eigenvalue weighted by Gasteiger charge is -1.74. The van der Waals surface area contributed by atoms with Gasteiger partial charge >= 0.3 is 0 Å². The average molecular weight is 119 g/mol. The third-order valence-corrected chi connectivity index (χ3v) is 0. The summed E-state index contributed by atoms with van der Waals surface area (Å²) in [6.45, 7) is 0. The van der Waals surface area contributed by atoms with E-state index in [9.17, 15) is 4.20 Å². The van der Waals surface area contributed by atoms with Crippen molar-refractivity contribution >= 4 is 25.4 Å². The van der Waals surface area contributed by atoms with E-state index in [1.54, 1.807) is 0 Å². The molecule has 0 saturated heterocycles. The molecule has 0 fully saturated rings. The Labute approximate surface area is 33.2 Å². The summed E-state index contributed by atoms with van der Waals surface area (Å²) >= 11 is 0. The van der Waals surface area contributed by atoms with Crippen LogP contribution >= 0.6 is 25.4 Å². The molecule has 0 aliphatic carbocycles. The Morgan fingerprint density at radius 2 is 3.00 bits per heavy atom. The van der Waals surface area contributed by atoms with Gasteiger partial charge < -0.3 is 0 Å². The highest BCUT2D eigenvalue weighted by atomic mass is 32.4. The van der Waals surface area contributed by atoms with Gasteiger partial charge in [-0.3, -0.25) is 0 Å². The van der Waals surface area contributed by atoms with Crippen molar-refractivity contribution in [1.29, 1.82) is 2.56 Å². The molecular weight excluding hydrogens is 112 g/mol. The molecule has 0 aliphatic heterocycles. The lowest BCUT2D eigenvalue weighted by molar-refractivity contribution is 0.931. The third-order valence-electron chi connectivity index (χ3n) is 0. The maximum Gasteiger partial charge on any atom is 0.115 e. The van der Waals surface area contributed by atoms with Gasteiger partial charge in [-0.1, -0.05) is 17.7 Å². The Morgan fingerprint density at radius 1 is 2.75 bits per heavy atom. The SMILES string of the molecule is [2H]P([3H])P(F)P. The van der Waals surface area contributed by atoms with Crippen molar-refractivity contribution in [3.63, 3.8) is 0 Å². The normalized spacial score (nSPS) is 30.5. The molecule has 0 aromatic rings. The Balaban J connectivity index is 2.99. The molecule has 4 heteroatoms. The second-order valence-electron chi connectivity index (χ2n) is 0.289. The Kier molecular flexibility index (Phi) is 1.48. The van der Waals surface area contributed by atoms with Crippen LogP contribution < -0.4 is 0 Å². The zero-order valence-electron chi connectivity index (χ0n) is 3.85. The fraction of sp³-hybridized carbons (Fsp3) is 0. The van der Waals surface area contributed by atoms with E-state index in [2.05, 4.69) is 0 Å². The van der Waals surface area contributed by atoms with Gasteiger partial charge in [0.2, 0.25) is 0 Å². The first-order valence-electron chi connectivity index (χ1n) is 1.52. The van der Waals surface area contributed by atoms with Crippen molar-refractivity contribution < 1.29 is 4.20 Å². The summed E-state index contributed by atoms with van der Waals surface area (Å²) in [5.74, 6) is 0. The summed E-state index contributed by atoms with van der Waals surface area (Å²) in [7, 11) is -1.82. The highest BCUT2D eigenvalue weighted by Crippen LogP contribution is 2.53. The van der Waals surface area contributed by atoms with E-state index in [-0.39, 0.29) is 0 Å². The van der Waals surface area contributed by atoms with Crippen molar-refractivity contribution in [3.8, 4) is 0 Å². The highest BCUT2D eigenvalue weighted by Gasteiger charge is 1.74. The molecule has 0 saturated carbocycles. The summed E-state index contributed by atoms with van der Waals surface area (Å²) in [5, 5.41) is 0.